The summed E-state index contributed by atoms with van der Waals surface area (Å²) >= 11 is 0. The second-order valence-corrected chi connectivity index (χ2v) is 5.38. The third-order valence-electron chi connectivity index (χ3n) is 3.60. The summed E-state index contributed by atoms with van der Waals surface area (Å²) in [4.78, 5) is 45.8. The number of rotatable bonds is 8. The number of amides is 1. The smallest absolute Gasteiger partial charge is 0.307 e. The summed E-state index contributed by atoms with van der Waals surface area (Å²) in [5.41, 5.74) is -1.41. The molecule has 11 heteroatoms. The molecule has 11 nitrogen and oxygen atoms in total. The van der Waals surface area contributed by atoms with Gasteiger partial charge in [0.15, 0.2) is 0 Å². The van der Waals surface area contributed by atoms with Gasteiger partial charge in [-0.2, -0.15) is 0 Å². The molecule has 142 valence electrons. The van der Waals surface area contributed by atoms with Gasteiger partial charge in [-0.05, 0) is 12.1 Å². The van der Waals surface area contributed by atoms with Crippen molar-refractivity contribution in [3.8, 4) is 0 Å². The van der Waals surface area contributed by atoms with Gasteiger partial charge >= 0.3 is 5.97 Å². The molecule has 0 fully saturated rings. The minimum Gasteiger partial charge on any atom is -0.469 e. The average molecular weight is 377 g/mol. The van der Waals surface area contributed by atoms with Crippen LogP contribution < -0.4 is 0 Å². The van der Waals surface area contributed by atoms with E-state index in [9.17, 15) is 29.8 Å². The highest BCUT2D eigenvalue weighted by atomic mass is 16.6. The number of methoxy groups -OCH3 is 1. The molecule has 0 aliphatic rings. The SMILES string of the molecule is COC(=O)CCN(Cc1ccco1)C(=O)c1cc([N+](=O)[O-])cc([N+](=O)[O-])c1. The fourth-order valence-electron chi connectivity index (χ4n) is 2.28. The van der Waals surface area contributed by atoms with Gasteiger partial charge in [0.05, 0.1) is 47.8 Å². The monoisotopic (exact) mass is 377 g/mol. The number of non-ortho nitro benzene ring substituents is 2. The Kier molecular flexibility index (Phi) is 6.20. The maximum absolute atomic E-state index is 12.8. The molecule has 0 unspecified atom stereocenters. The van der Waals surface area contributed by atoms with Crippen LogP contribution in [0.1, 0.15) is 22.5 Å². The number of carbonyl (C=O) groups excluding carboxylic acids is 2. The van der Waals surface area contributed by atoms with Crippen molar-refractivity contribution in [2.45, 2.75) is 13.0 Å². The molecule has 0 saturated carbocycles. The van der Waals surface area contributed by atoms with Gasteiger partial charge in [-0.25, -0.2) is 0 Å². The van der Waals surface area contributed by atoms with Crippen molar-refractivity contribution in [2.75, 3.05) is 13.7 Å². The van der Waals surface area contributed by atoms with E-state index in [1.165, 1.54) is 18.3 Å². The van der Waals surface area contributed by atoms with Crippen molar-refractivity contribution in [3.05, 3.63) is 68.1 Å². The third-order valence-corrected chi connectivity index (χ3v) is 3.60. The number of hydrogen-bond acceptors (Lipinski definition) is 8. The van der Waals surface area contributed by atoms with Crippen LogP contribution in [0.2, 0.25) is 0 Å². The van der Waals surface area contributed by atoms with E-state index >= 15 is 0 Å². The highest BCUT2D eigenvalue weighted by molar-refractivity contribution is 5.95. The summed E-state index contributed by atoms with van der Waals surface area (Å²) in [6.07, 6.45) is 1.27. The first-order valence-corrected chi connectivity index (χ1v) is 7.64. The van der Waals surface area contributed by atoms with Gasteiger partial charge in [0.1, 0.15) is 5.76 Å². The van der Waals surface area contributed by atoms with Crippen LogP contribution in [0.25, 0.3) is 0 Å². The van der Waals surface area contributed by atoms with Crippen molar-refractivity contribution in [3.63, 3.8) is 0 Å². The lowest BCUT2D eigenvalue weighted by Gasteiger charge is -2.21. The molecule has 0 saturated heterocycles. The molecule has 0 N–H and O–H groups in total. The van der Waals surface area contributed by atoms with Crippen LogP contribution in [0, 0.1) is 20.2 Å². The van der Waals surface area contributed by atoms with E-state index in [0.29, 0.717) is 5.76 Å². The maximum Gasteiger partial charge on any atom is 0.307 e. The molecule has 1 amide bonds. The molecule has 1 aromatic carbocycles. The summed E-state index contributed by atoms with van der Waals surface area (Å²) < 4.78 is 9.72. The van der Waals surface area contributed by atoms with Gasteiger partial charge in [-0.3, -0.25) is 29.8 Å². The van der Waals surface area contributed by atoms with Crippen molar-refractivity contribution < 1.29 is 28.6 Å². The number of hydrogen-bond donors (Lipinski definition) is 0. The van der Waals surface area contributed by atoms with Gasteiger partial charge in [0.25, 0.3) is 17.3 Å². The lowest BCUT2D eigenvalue weighted by atomic mass is 10.1. The van der Waals surface area contributed by atoms with Crippen LogP contribution in [0.5, 0.6) is 0 Å². The van der Waals surface area contributed by atoms with Gasteiger partial charge in [0, 0.05) is 18.7 Å². The molecule has 0 aliphatic carbocycles. The Morgan fingerprint density at radius 2 is 1.78 bits per heavy atom. The second kappa shape index (κ2) is 8.56. The van der Waals surface area contributed by atoms with Crippen LogP contribution in [-0.2, 0) is 16.1 Å². The molecule has 0 aliphatic heterocycles. The second-order valence-electron chi connectivity index (χ2n) is 5.38. The summed E-state index contributed by atoms with van der Waals surface area (Å²) in [6, 6.07) is 5.87. The highest BCUT2D eigenvalue weighted by Gasteiger charge is 2.24. The van der Waals surface area contributed by atoms with Crippen molar-refractivity contribution in [1.82, 2.24) is 4.90 Å². The molecule has 0 radical (unpaired) electrons. The largest absolute Gasteiger partial charge is 0.469 e. The molecule has 1 heterocycles. The highest BCUT2D eigenvalue weighted by Crippen LogP contribution is 2.24. The van der Waals surface area contributed by atoms with Crippen LogP contribution in [-0.4, -0.2) is 40.3 Å². The Morgan fingerprint density at radius 1 is 1.15 bits per heavy atom. The summed E-state index contributed by atoms with van der Waals surface area (Å²) in [5.74, 6) is -0.868. The molecule has 2 aromatic rings. The zero-order valence-corrected chi connectivity index (χ0v) is 14.2. The van der Waals surface area contributed by atoms with Crippen LogP contribution in [0.3, 0.4) is 0 Å². The first-order chi connectivity index (χ1) is 12.8. The maximum atomic E-state index is 12.8. The standard InChI is InChI=1S/C16H15N3O8/c1-26-15(20)4-5-17(10-14-3-2-6-27-14)16(21)11-7-12(18(22)23)9-13(8-11)19(24)25/h2-3,6-9H,4-5,10H2,1H3. The van der Waals surface area contributed by atoms with Gasteiger partial charge in [-0.1, -0.05) is 0 Å². The third kappa shape index (κ3) is 5.11. The molecule has 0 spiro atoms. The summed E-state index contributed by atoms with van der Waals surface area (Å²) in [7, 11) is 1.20. The molecule has 2 rings (SSSR count). The number of ether oxygens (including phenoxy) is 1. The van der Waals surface area contributed by atoms with Crippen LogP contribution in [0.15, 0.2) is 41.0 Å². The Hall–Kier alpha value is -3.76. The number of esters is 1. The predicted molar refractivity (Wildman–Crippen MR) is 89.8 cm³/mol. The molecule has 0 bridgehead atoms. The fraction of sp³-hybridized carbons (Fsp3) is 0.250. The summed E-state index contributed by atoms with van der Waals surface area (Å²) in [6.45, 7) is -0.0952. The van der Waals surface area contributed by atoms with E-state index < -0.39 is 33.1 Å². The zero-order chi connectivity index (χ0) is 20.0. The molecule has 0 atom stereocenters. The van der Waals surface area contributed by atoms with Crippen molar-refractivity contribution in [1.29, 1.82) is 0 Å². The topological polar surface area (TPSA) is 146 Å². The lowest BCUT2D eigenvalue weighted by molar-refractivity contribution is -0.394. The number of carbonyl (C=O) groups is 2. The normalized spacial score (nSPS) is 10.3. The lowest BCUT2D eigenvalue weighted by Crippen LogP contribution is -2.32. The van der Waals surface area contributed by atoms with E-state index in [1.54, 1.807) is 12.1 Å². The Morgan fingerprint density at radius 3 is 2.26 bits per heavy atom. The zero-order valence-electron chi connectivity index (χ0n) is 14.2. The molecular weight excluding hydrogens is 362 g/mol. The number of furan rings is 1. The van der Waals surface area contributed by atoms with Gasteiger partial charge in [-0.15, -0.1) is 0 Å². The summed E-state index contributed by atoms with van der Waals surface area (Å²) in [5, 5.41) is 22.0. The molecular formula is C16H15N3O8. The first kappa shape index (κ1) is 19.6. The van der Waals surface area contributed by atoms with E-state index in [4.69, 9.17) is 4.42 Å². The van der Waals surface area contributed by atoms with Crippen molar-refractivity contribution >= 4 is 23.3 Å². The number of benzene rings is 1. The molecule has 1 aromatic heterocycles. The van der Waals surface area contributed by atoms with Crippen molar-refractivity contribution in [2.24, 2.45) is 0 Å². The van der Waals surface area contributed by atoms with E-state index in [2.05, 4.69) is 4.74 Å². The average Bonchev–Trinajstić information content (AvgIpc) is 3.16. The number of nitro groups is 2. The van der Waals surface area contributed by atoms with E-state index in [-0.39, 0.29) is 25.1 Å². The molecule has 27 heavy (non-hydrogen) atoms. The van der Waals surface area contributed by atoms with Crippen LogP contribution in [0.4, 0.5) is 11.4 Å². The first-order valence-electron chi connectivity index (χ1n) is 7.64. The van der Waals surface area contributed by atoms with E-state index in [1.807, 2.05) is 0 Å². The van der Waals surface area contributed by atoms with Crippen LogP contribution >= 0.6 is 0 Å². The Balaban J connectivity index is 2.36. The number of nitrogens with zero attached hydrogens (tertiary/aromatic N) is 3. The quantitative estimate of drug-likeness (QED) is 0.387. The van der Waals surface area contributed by atoms with Gasteiger partial charge < -0.3 is 14.1 Å². The minimum atomic E-state index is -0.824. The fourth-order valence-corrected chi connectivity index (χ4v) is 2.28. The minimum absolute atomic E-state index is 0.0285. The Labute approximate surface area is 152 Å². The predicted octanol–water partition coefficient (Wildman–Crippen LogP) is 2.30. The van der Waals surface area contributed by atoms with E-state index in [0.717, 1.165) is 18.2 Å². The number of nitro benzene ring substituents is 2. The Bertz CT molecular complexity index is 830. The van der Waals surface area contributed by atoms with Gasteiger partial charge in [0.2, 0.25) is 0 Å².